The van der Waals surface area contributed by atoms with Crippen LogP contribution in [0.1, 0.15) is 15.2 Å². The third-order valence-corrected chi connectivity index (χ3v) is 1.87. The quantitative estimate of drug-likeness (QED) is 0.748. The van der Waals surface area contributed by atoms with Crippen molar-refractivity contribution in [1.82, 2.24) is 0 Å². The van der Waals surface area contributed by atoms with Crippen molar-refractivity contribution in [3.05, 3.63) is 23.8 Å². The van der Waals surface area contributed by atoms with Crippen LogP contribution < -0.4 is 15.2 Å². The van der Waals surface area contributed by atoms with E-state index in [1.54, 1.807) is 12.1 Å². The zero-order valence-electron chi connectivity index (χ0n) is 9.41. The SMILES string of the molecule is [2H]C1([2H])Oc2ccc(CC(C)N)cc2O1. The van der Waals surface area contributed by atoms with Gasteiger partial charge in [-0.15, -0.1) is 0 Å². The summed E-state index contributed by atoms with van der Waals surface area (Å²) in [5.41, 5.74) is 6.70. The van der Waals surface area contributed by atoms with E-state index in [4.69, 9.17) is 17.9 Å². The van der Waals surface area contributed by atoms with E-state index in [0.29, 0.717) is 11.5 Å². The molecule has 1 aromatic rings. The average Bonchev–Trinajstić information content (AvgIpc) is 2.36. The van der Waals surface area contributed by atoms with Gasteiger partial charge in [0.2, 0.25) is 6.75 Å². The van der Waals surface area contributed by atoms with E-state index in [-0.39, 0.29) is 6.04 Å². The highest BCUT2D eigenvalue weighted by Gasteiger charge is 2.13. The molecule has 1 aromatic carbocycles. The van der Waals surface area contributed by atoms with Crippen molar-refractivity contribution >= 4 is 0 Å². The Morgan fingerprint density at radius 1 is 1.54 bits per heavy atom. The van der Waals surface area contributed by atoms with Crippen molar-refractivity contribution in [2.75, 3.05) is 6.75 Å². The van der Waals surface area contributed by atoms with E-state index in [0.717, 1.165) is 12.0 Å². The molecular weight excluding hydrogens is 166 g/mol. The van der Waals surface area contributed by atoms with E-state index in [2.05, 4.69) is 0 Å². The first-order chi connectivity index (χ1) is 6.96. The number of ether oxygens (including phenoxy) is 2. The van der Waals surface area contributed by atoms with E-state index in [1.807, 2.05) is 13.0 Å². The predicted molar refractivity (Wildman–Crippen MR) is 49.9 cm³/mol. The molecule has 70 valence electrons. The average molecular weight is 181 g/mol. The molecule has 0 aromatic heterocycles. The normalized spacial score (nSPS) is 22.0. The lowest BCUT2D eigenvalue weighted by Crippen LogP contribution is -2.17. The maximum Gasteiger partial charge on any atom is 0.231 e. The second-order valence-electron chi connectivity index (χ2n) is 3.25. The van der Waals surface area contributed by atoms with Gasteiger partial charge in [0.05, 0.1) is 0 Å². The summed E-state index contributed by atoms with van der Waals surface area (Å²) in [6.45, 7) is -0.126. The Balaban J connectivity index is 2.23. The molecule has 0 radical (unpaired) electrons. The maximum atomic E-state index is 7.28. The third kappa shape index (κ3) is 1.75. The summed E-state index contributed by atoms with van der Waals surface area (Å²) in [6, 6.07) is 5.41. The molecule has 0 aliphatic carbocycles. The summed E-state index contributed by atoms with van der Waals surface area (Å²) in [5.74, 6) is 0.881. The van der Waals surface area contributed by atoms with Gasteiger partial charge in [-0.05, 0) is 31.0 Å². The minimum atomic E-state index is -2.05. The first-order valence-electron chi connectivity index (χ1n) is 5.23. The highest BCUT2D eigenvalue weighted by Crippen LogP contribution is 2.32. The van der Waals surface area contributed by atoms with E-state index in [9.17, 15) is 0 Å². The summed E-state index contributed by atoms with van der Waals surface area (Å²) in [6.07, 6.45) is 0.736. The largest absolute Gasteiger partial charge is 0.454 e. The van der Waals surface area contributed by atoms with Gasteiger partial charge in [0.25, 0.3) is 0 Å². The molecule has 3 heteroatoms. The molecular formula is C10H13NO2. The first-order valence-corrected chi connectivity index (χ1v) is 4.23. The highest BCUT2D eigenvalue weighted by molar-refractivity contribution is 5.44. The van der Waals surface area contributed by atoms with Gasteiger partial charge < -0.3 is 15.2 Å². The van der Waals surface area contributed by atoms with E-state index in [1.165, 1.54) is 0 Å². The summed E-state index contributed by atoms with van der Waals surface area (Å²) in [4.78, 5) is 0. The number of benzene rings is 1. The molecule has 1 atom stereocenters. The Morgan fingerprint density at radius 2 is 2.31 bits per heavy atom. The van der Waals surface area contributed by atoms with E-state index < -0.39 is 6.75 Å². The van der Waals surface area contributed by atoms with Crippen LogP contribution in [0.15, 0.2) is 18.2 Å². The van der Waals surface area contributed by atoms with Crippen LogP contribution in [-0.2, 0) is 6.42 Å². The van der Waals surface area contributed by atoms with Crippen LogP contribution in [0.3, 0.4) is 0 Å². The van der Waals surface area contributed by atoms with Crippen LogP contribution in [-0.4, -0.2) is 12.8 Å². The minimum absolute atomic E-state index is 0.0714. The fourth-order valence-electron chi connectivity index (χ4n) is 1.33. The molecule has 0 saturated carbocycles. The van der Waals surface area contributed by atoms with Crippen LogP contribution in [0.2, 0.25) is 0 Å². The van der Waals surface area contributed by atoms with Gasteiger partial charge in [0.15, 0.2) is 11.5 Å². The van der Waals surface area contributed by atoms with Gasteiger partial charge in [0.1, 0.15) is 2.74 Å². The summed E-state index contributed by atoms with van der Waals surface area (Å²) >= 11 is 0. The minimum Gasteiger partial charge on any atom is -0.454 e. The monoisotopic (exact) mass is 181 g/mol. The Morgan fingerprint density at radius 3 is 3.08 bits per heavy atom. The summed E-state index contributed by atoms with van der Waals surface area (Å²) in [5, 5.41) is 0. The van der Waals surface area contributed by atoms with Crippen LogP contribution in [0.25, 0.3) is 0 Å². The molecule has 1 aliphatic rings. The third-order valence-electron chi connectivity index (χ3n) is 1.87. The molecule has 13 heavy (non-hydrogen) atoms. The fraction of sp³-hybridized carbons (Fsp3) is 0.400. The lowest BCUT2D eigenvalue weighted by Gasteiger charge is -2.05. The molecule has 0 amide bonds. The molecule has 0 saturated heterocycles. The van der Waals surface area contributed by atoms with Gasteiger partial charge in [0, 0.05) is 6.04 Å². The Labute approximate surface area is 80.3 Å². The number of fused-ring (bicyclic) bond motifs is 1. The van der Waals surface area contributed by atoms with Gasteiger partial charge in [-0.25, -0.2) is 0 Å². The lowest BCUT2D eigenvalue weighted by atomic mass is 10.1. The van der Waals surface area contributed by atoms with E-state index >= 15 is 0 Å². The molecule has 2 rings (SSSR count). The second-order valence-corrected chi connectivity index (χ2v) is 3.25. The van der Waals surface area contributed by atoms with Crippen LogP contribution in [0.4, 0.5) is 0 Å². The summed E-state index contributed by atoms with van der Waals surface area (Å²) in [7, 11) is 0. The second kappa shape index (κ2) is 3.26. The van der Waals surface area contributed by atoms with Crippen LogP contribution >= 0.6 is 0 Å². The van der Waals surface area contributed by atoms with Gasteiger partial charge in [-0.2, -0.15) is 0 Å². The van der Waals surface area contributed by atoms with Gasteiger partial charge in [-0.1, -0.05) is 6.07 Å². The highest BCUT2D eigenvalue weighted by atomic mass is 16.7. The molecule has 1 unspecified atom stereocenters. The molecule has 1 heterocycles. The fourth-order valence-corrected chi connectivity index (χ4v) is 1.33. The Hall–Kier alpha value is -1.22. The van der Waals surface area contributed by atoms with Gasteiger partial charge in [-0.3, -0.25) is 0 Å². The van der Waals surface area contributed by atoms with Crippen molar-refractivity contribution in [2.45, 2.75) is 19.4 Å². The number of hydrogen-bond donors (Lipinski definition) is 1. The first kappa shape index (κ1) is 6.27. The van der Waals surface area contributed by atoms with Crippen molar-refractivity contribution in [2.24, 2.45) is 5.73 Å². The molecule has 1 aliphatic heterocycles. The summed E-state index contributed by atoms with van der Waals surface area (Å²) < 4.78 is 24.5. The van der Waals surface area contributed by atoms with Crippen molar-refractivity contribution < 1.29 is 12.2 Å². The van der Waals surface area contributed by atoms with Crippen molar-refractivity contribution in [3.8, 4) is 11.5 Å². The lowest BCUT2D eigenvalue weighted by molar-refractivity contribution is 0.174. The van der Waals surface area contributed by atoms with Crippen molar-refractivity contribution in [3.63, 3.8) is 0 Å². The number of nitrogens with two attached hydrogens (primary N) is 1. The molecule has 0 spiro atoms. The molecule has 0 fully saturated rings. The predicted octanol–water partition coefficient (Wildman–Crippen LogP) is 1.30. The maximum absolute atomic E-state index is 7.28. The van der Waals surface area contributed by atoms with Crippen molar-refractivity contribution in [1.29, 1.82) is 0 Å². The molecule has 0 bridgehead atoms. The van der Waals surface area contributed by atoms with Gasteiger partial charge >= 0.3 is 0 Å². The Kier molecular flexibility index (Phi) is 1.57. The van der Waals surface area contributed by atoms with Crippen LogP contribution in [0.5, 0.6) is 11.5 Å². The number of rotatable bonds is 2. The zero-order valence-corrected chi connectivity index (χ0v) is 7.41. The Bertz CT molecular complexity index is 380. The smallest absolute Gasteiger partial charge is 0.231 e. The molecule has 2 N–H and O–H groups in total. The zero-order chi connectivity index (χ0) is 11.1. The topological polar surface area (TPSA) is 44.5 Å². The molecule has 3 nitrogen and oxygen atoms in total. The standard InChI is InChI=1S/C10H13NO2/c1-7(11)4-8-2-3-9-10(5-8)13-6-12-9/h2-3,5,7H,4,6,11H2,1H3/i6D2. The number of hydrogen-bond acceptors (Lipinski definition) is 3. The van der Waals surface area contributed by atoms with Crippen LogP contribution in [0, 0.1) is 0 Å².